The third-order valence-electron chi connectivity index (χ3n) is 6.79. The lowest BCUT2D eigenvalue weighted by molar-refractivity contribution is -0.111. The van der Waals surface area contributed by atoms with Crippen LogP contribution in [0, 0.1) is 6.92 Å². The van der Waals surface area contributed by atoms with Gasteiger partial charge in [0.2, 0.25) is 5.91 Å². The molecule has 3 aromatic carbocycles. The van der Waals surface area contributed by atoms with Crippen molar-refractivity contribution < 1.29 is 23.6 Å². The van der Waals surface area contributed by atoms with Crippen LogP contribution < -0.4 is 14.8 Å². The maximum atomic E-state index is 12.8. The van der Waals surface area contributed by atoms with Crippen molar-refractivity contribution in [3.63, 3.8) is 0 Å². The summed E-state index contributed by atoms with van der Waals surface area (Å²) >= 11 is -1.21. The average Bonchev–Trinajstić information content (AvgIpc) is 3.03. The number of nitrogens with one attached hydrogen (secondary N) is 1. The molecule has 0 unspecified atom stereocenters. The summed E-state index contributed by atoms with van der Waals surface area (Å²) in [6.07, 6.45) is 8.85. The van der Waals surface area contributed by atoms with E-state index in [0.717, 1.165) is 53.0 Å². The van der Waals surface area contributed by atoms with Crippen molar-refractivity contribution in [3.05, 3.63) is 108 Å². The standard InChI is InChI=1S/C35H38N2O5S/c1-4-5-20-41-21-22-42-32-12-6-27(7-13-32)28-8-16-34(40-3)29(23-28)9-17-35(38)37-31-10-14-33(15-11-31)43(39)25-30-24-36-19-18-26(30)2/h6-19,23-24H,4-5,20-22,25H2,1-3H3,(H,37,38)/b17-9+/t43-/m1/s1. The monoisotopic (exact) mass is 598 g/mol. The van der Waals surface area contributed by atoms with Gasteiger partial charge in [-0.15, -0.1) is 0 Å². The second-order valence-electron chi connectivity index (χ2n) is 9.93. The third kappa shape index (κ3) is 9.71. The van der Waals surface area contributed by atoms with Crippen molar-refractivity contribution in [2.75, 3.05) is 32.2 Å². The van der Waals surface area contributed by atoms with E-state index >= 15 is 0 Å². The molecule has 1 aromatic heterocycles. The molecule has 0 aliphatic carbocycles. The molecule has 4 aromatic rings. The van der Waals surface area contributed by atoms with Crippen LogP contribution in [0.3, 0.4) is 0 Å². The zero-order valence-corrected chi connectivity index (χ0v) is 25.7. The Morgan fingerprint density at radius 3 is 2.47 bits per heavy atom. The van der Waals surface area contributed by atoms with Crippen molar-refractivity contribution in [3.8, 4) is 22.6 Å². The Morgan fingerprint density at radius 2 is 1.74 bits per heavy atom. The number of pyridine rings is 1. The van der Waals surface area contributed by atoms with Gasteiger partial charge in [-0.1, -0.05) is 31.5 Å². The van der Waals surface area contributed by atoms with Gasteiger partial charge >= 0.3 is 0 Å². The fourth-order valence-electron chi connectivity index (χ4n) is 4.27. The molecule has 0 radical (unpaired) electrons. The third-order valence-corrected chi connectivity index (χ3v) is 8.16. The number of anilines is 1. The molecule has 4 rings (SSSR count). The van der Waals surface area contributed by atoms with Gasteiger partial charge < -0.3 is 24.1 Å². The predicted molar refractivity (Wildman–Crippen MR) is 173 cm³/mol. The molecule has 0 aliphatic heterocycles. The van der Waals surface area contributed by atoms with Gasteiger partial charge in [0.25, 0.3) is 0 Å². The van der Waals surface area contributed by atoms with Gasteiger partial charge in [-0.05, 0) is 102 Å². The Hall–Kier alpha value is -4.11. The van der Waals surface area contributed by atoms with Gasteiger partial charge in [-0.2, -0.15) is 0 Å². The van der Waals surface area contributed by atoms with E-state index in [4.69, 9.17) is 14.2 Å². The highest BCUT2D eigenvalue weighted by molar-refractivity contribution is 7.90. The first-order valence-electron chi connectivity index (χ1n) is 14.3. The van der Waals surface area contributed by atoms with Gasteiger partial charge in [0.1, 0.15) is 23.9 Å². The van der Waals surface area contributed by atoms with Crippen molar-refractivity contribution in [2.24, 2.45) is 0 Å². The number of carbonyl (C=O) groups excluding carboxylic acids is 1. The molecular weight excluding hydrogens is 560 g/mol. The van der Waals surface area contributed by atoms with Crippen molar-refractivity contribution in [2.45, 2.75) is 37.3 Å². The average molecular weight is 599 g/mol. The normalized spacial score (nSPS) is 11.8. The molecular formula is C35H38N2O5S. The lowest BCUT2D eigenvalue weighted by atomic mass is 10.0. The van der Waals surface area contributed by atoms with E-state index in [-0.39, 0.29) is 5.91 Å². The Labute approximate surface area is 257 Å². The van der Waals surface area contributed by atoms with Crippen molar-refractivity contribution in [1.29, 1.82) is 0 Å². The summed E-state index contributed by atoms with van der Waals surface area (Å²) in [6, 6.07) is 22.7. The van der Waals surface area contributed by atoms with Gasteiger partial charge in [0, 0.05) is 41.9 Å². The smallest absolute Gasteiger partial charge is 0.248 e. The zero-order valence-electron chi connectivity index (χ0n) is 24.9. The minimum Gasteiger partial charge on any atom is -0.611 e. The Balaban J connectivity index is 1.34. The first kappa shape index (κ1) is 31.8. The van der Waals surface area contributed by atoms with Crippen molar-refractivity contribution >= 4 is 28.8 Å². The van der Waals surface area contributed by atoms with Crippen LogP contribution in [0.25, 0.3) is 17.2 Å². The summed E-state index contributed by atoms with van der Waals surface area (Å²) in [5.74, 6) is 1.55. The van der Waals surface area contributed by atoms with Gasteiger partial charge in [0.05, 0.1) is 13.7 Å². The highest BCUT2D eigenvalue weighted by Crippen LogP contribution is 2.29. The zero-order chi connectivity index (χ0) is 30.4. The second kappa shape index (κ2) is 16.5. The van der Waals surface area contributed by atoms with E-state index in [0.29, 0.717) is 35.3 Å². The molecule has 43 heavy (non-hydrogen) atoms. The second-order valence-corrected chi connectivity index (χ2v) is 11.4. The highest BCUT2D eigenvalue weighted by Gasteiger charge is 2.14. The number of methoxy groups -OCH3 is 1. The Bertz CT molecular complexity index is 1490. The molecule has 0 saturated heterocycles. The fraction of sp³-hybridized carbons (Fsp3) is 0.257. The number of aryl methyl sites for hydroxylation is 1. The number of ether oxygens (including phenoxy) is 3. The van der Waals surface area contributed by atoms with E-state index in [1.807, 2.05) is 55.5 Å². The number of amides is 1. The van der Waals surface area contributed by atoms with Crippen LogP contribution in [0.1, 0.15) is 36.5 Å². The molecule has 0 aliphatic rings. The summed E-state index contributed by atoms with van der Waals surface area (Å²) in [4.78, 5) is 17.5. The number of hydrogen-bond donors (Lipinski definition) is 1. The molecule has 0 saturated carbocycles. The Kier molecular flexibility index (Phi) is 12.2. The number of unbranched alkanes of at least 4 members (excludes halogenated alkanes) is 1. The van der Waals surface area contributed by atoms with Crippen LogP contribution >= 0.6 is 0 Å². The summed E-state index contributed by atoms with van der Waals surface area (Å²) in [6.45, 7) is 5.97. The molecule has 8 heteroatoms. The topological polar surface area (TPSA) is 92.7 Å². The summed E-state index contributed by atoms with van der Waals surface area (Å²) in [7, 11) is 1.60. The van der Waals surface area contributed by atoms with Crippen LogP contribution in [-0.2, 0) is 26.5 Å². The summed E-state index contributed by atoms with van der Waals surface area (Å²) in [5, 5.41) is 2.86. The summed E-state index contributed by atoms with van der Waals surface area (Å²) < 4.78 is 29.7. The minimum absolute atomic E-state index is 0.285. The molecule has 7 nitrogen and oxygen atoms in total. The number of carbonyl (C=O) groups is 1. The quantitative estimate of drug-likeness (QED) is 0.0882. The number of benzene rings is 3. The van der Waals surface area contributed by atoms with Crippen LogP contribution in [0.5, 0.6) is 11.5 Å². The minimum atomic E-state index is -1.21. The predicted octanol–water partition coefficient (Wildman–Crippen LogP) is 7.22. The first-order valence-corrected chi connectivity index (χ1v) is 15.6. The van der Waals surface area contributed by atoms with E-state index in [1.165, 1.54) is 6.08 Å². The van der Waals surface area contributed by atoms with Gasteiger partial charge in [-0.3, -0.25) is 9.78 Å². The first-order chi connectivity index (χ1) is 21.0. The van der Waals surface area contributed by atoms with Crippen molar-refractivity contribution in [1.82, 2.24) is 4.98 Å². The van der Waals surface area contributed by atoms with Crippen LogP contribution in [0.4, 0.5) is 5.69 Å². The maximum Gasteiger partial charge on any atom is 0.248 e. The summed E-state index contributed by atoms with van der Waals surface area (Å²) in [5.41, 5.74) is 5.40. The molecule has 1 amide bonds. The molecule has 0 spiro atoms. The number of hydrogen-bond acceptors (Lipinski definition) is 6. The molecule has 0 bridgehead atoms. The highest BCUT2D eigenvalue weighted by atomic mass is 32.2. The molecule has 0 fully saturated rings. The SMILES string of the molecule is CCCCOCCOc1ccc(-c2ccc(OC)c(/C=C/C(=O)Nc3ccc([S@+]([O-])Cc4cnccc4C)cc3)c2)cc1. The van der Waals surface area contributed by atoms with E-state index in [2.05, 4.69) is 17.2 Å². The lowest BCUT2D eigenvalue weighted by Crippen LogP contribution is -2.09. The fourth-order valence-corrected chi connectivity index (χ4v) is 5.46. The number of aromatic nitrogens is 1. The van der Waals surface area contributed by atoms with E-state index < -0.39 is 11.2 Å². The molecule has 1 atom stereocenters. The van der Waals surface area contributed by atoms with Crippen LogP contribution in [0.15, 0.2) is 96.2 Å². The van der Waals surface area contributed by atoms with E-state index in [9.17, 15) is 9.35 Å². The molecule has 1 heterocycles. The van der Waals surface area contributed by atoms with Gasteiger partial charge in [-0.25, -0.2) is 0 Å². The van der Waals surface area contributed by atoms with E-state index in [1.54, 1.807) is 49.8 Å². The largest absolute Gasteiger partial charge is 0.611 e. The Morgan fingerprint density at radius 1 is 0.977 bits per heavy atom. The molecule has 1 N–H and O–H groups in total. The van der Waals surface area contributed by atoms with Gasteiger partial charge in [0.15, 0.2) is 4.90 Å². The maximum absolute atomic E-state index is 12.8. The lowest BCUT2D eigenvalue weighted by Gasteiger charge is -2.12. The molecule has 224 valence electrons. The van der Waals surface area contributed by atoms with Crippen LogP contribution in [-0.4, -0.2) is 42.4 Å². The number of nitrogens with zero attached hydrogens (tertiary/aromatic N) is 1. The number of rotatable bonds is 15. The van der Waals surface area contributed by atoms with Crippen LogP contribution in [0.2, 0.25) is 0 Å².